The lowest BCUT2D eigenvalue weighted by atomic mass is 10.1. The summed E-state index contributed by atoms with van der Waals surface area (Å²) in [6.45, 7) is 1.76. The molecule has 1 aromatic heterocycles. The third-order valence-corrected chi connectivity index (χ3v) is 5.57. The van der Waals surface area contributed by atoms with Crippen LogP contribution in [-0.2, 0) is 0 Å². The van der Waals surface area contributed by atoms with Gasteiger partial charge < -0.3 is 24.3 Å². The van der Waals surface area contributed by atoms with Crippen molar-refractivity contribution in [3.63, 3.8) is 0 Å². The van der Waals surface area contributed by atoms with Gasteiger partial charge >= 0.3 is 0 Å². The number of nitrogens with one attached hydrogen (secondary N) is 1. The molecule has 1 fully saturated rings. The molecule has 1 N–H and O–H groups in total. The van der Waals surface area contributed by atoms with Gasteiger partial charge in [0, 0.05) is 36.4 Å². The normalized spacial score (nSPS) is 15.9. The number of thiocarbonyl (C=S) groups is 1. The number of hydrogen-bond donors (Lipinski definition) is 1. The summed E-state index contributed by atoms with van der Waals surface area (Å²) in [6.07, 6.45) is 1.86. The fraction of sp³-hybridized carbons (Fsp3) is 0.211. The monoisotopic (exact) mass is 403 g/mol. The number of halogens is 2. The second kappa shape index (κ2) is 6.28. The highest BCUT2D eigenvalue weighted by atomic mass is 35.5. The van der Waals surface area contributed by atoms with Crippen LogP contribution in [0.25, 0.3) is 10.9 Å². The smallest absolute Gasteiger partial charge is 0.231 e. The molecule has 2 aliphatic rings. The Bertz CT molecular complexity index is 1060. The van der Waals surface area contributed by atoms with Gasteiger partial charge in [-0.25, -0.2) is 4.39 Å². The minimum Gasteiger partial charge on any atom is -0.454 e. The van der Waals surface area contributed by atoms with Crippen LogP contribution in [0.1, 0.15) is 6.04 Å². The second-order valence-electron chi connectivity index (χ2n) is 6.60. The third kappa shape index (κ3) is 2.87. The highest BCUT2D eigenvalue weighted by Gasteiger charge is 2.31. The summed E-state index contributed by atoms with van der Waals surface area (Å²) in [5.41, 5.74) is 1.79. The lowest BCUT2D eigenvalue weighted by Crippen LogP contribution is -2.52. The van der Waals surface area contributed by atoms with E-state index in [0.717, 1.165) is 35.4 Å². The van der Waals surface area contributed by atoms with E-state index in [4.69, 9.17) is 33.3 Å². The standard InChI is InChI=1S/C19H15ClFN3O2S/c20-15-9-24(16-3-1-11(21)5-14(15)16)13-7-23(8-13)19(27)22-12-2-4-17-18(6-12)26-10-25-17/h1-6,9,13H,7-8,10H2,(H,22,27). The van der Waals surface area contributed by atoms with Gasteiger partial charge in [-0.15, -0.1) is 0 Å². The maximum Gasteiger partial charge on any atom is 0.231 e. The van der Waals surface area contributed by atoms with Crippen molar-refractivity contribution in [2.45, 2.75) is 6.04 Å². The van der Waals surface area contributed by atoms with Crippen molar-refractivity contribution < 1.29 is 13.9 Å². The lowest BCUT2D eigenvalue weighted by Gasteiger charge is -2.42. The summed E-state index contributed by atoms with van der Waals surface area (Å²) in [5, 5.41) is 5.18. The molecule has 0 amide bonds. The van der Waals surface area contributed by atoms with Gasteiger partial charge in [-0.2, -0.15) is 0 Å². The number of hydrogen-bond acceptors (Lipinski definition) is 3. The van der Waals surface area contributed by atoms with E-state index >= 15 is 0 Å². The van der Waals surface area contributed by atoms with Gasteiger partial charge in [0.15, 0.2) is 16.6 Å². The maximum absolute atomic E-state index is 13.5. The van der Waals surface area contributed by atoms with E-state index in [2.05, 4.69) is 14.8 Å². The summed E-state index contributed by atoms with van der Waals surface area (Å²) >= 11 is 11.8. The molecule has 0 saturated carbocycles. The van der Waals surface area contributed by atoms with Crippen molar-refractivity contribution in [1.29, 1.82) is 0 Å². The first-order chi connectivity index (χ1) is 13.1. The minimum absolute atomic E-state index is 0.238. The molecule has 0 aliphatic carbocycles. The molecule has 5 nitrogen and oxygen atoms in total. The molecule has 0 radical (unpaired) electrons. The van der Waals surface area contributed by atoms with Gasteiger partial charge in [0.2, 0.25) is 6.79 Å². The van der Waals surface area contributed by atoms with Gasteiger partial charge in [0.25, 0.3) is 0 Å². The Balaban J connectivity index is 1.27. The van der Waals surface area contributed by atoms with E-state index in [0.29, 0.717) is 15.9 Å². The molecular formula is C19H15ClFN3O2S. The zero-order valence-corrected chi connectivity index (χ0v) is 15.7. The van der Waals surface area contributed by atoms with Crippen molar-refractivity contribution in [2.75, 3.05) is 25.2 Å². The van der Waals surface area contributed by atoms with E-state index in [-0.39, 0.29) is 18.7 Å². The van der Waals surface area contributed by atoms with Crippen molar-refractivity contribution >= 4 is 45.5 Å². The van der Waals surface area contributed by atoms with Crippen LogP contribution in [0.15, 0.2) is 42.6 Å². The van der Waals surface area contributed by atoms with Gasteiger partial charge in [0.1, 0.15) is 5.82 Å². The third-order valence-electron chi connectivity index (χ3n) is 4.91. The number of ether oxygens (including phenoxy) is 2. The molecule has 0 unspecified atom stereocenters. The molecule has 2 aliphatic heterocycles. The fourth-order valence-corrected chi connectivity index (χ4v) is 3.99. The molecule has 0 atom stereocenters. The van der Waals surface area contributed by atoms with Crippen LogP contribution in [0.4, 0.5) is 10.1 Å². The molecule has 27 heavy (non-hydrogen) atoms. The topological polar surface area (TPSA) is 38.7 Å². The number of likely N-dealkylation sites (tertiary alicyclic amines) is 1. The first-order valence-electron chi connectivity index (χ1n) is 8.49. The summed E-state index contributed by atoms with van der Waals surface area (Å²) in [4.78, 5) is 2.08. The van der Waals surface area contributed by atoms with Crippen LogP contribution in [-0.4, -0.2) is 34.5 Å². The first-order valence-corrected chi connectivity index (χ1v) is 9.28. The van der Waals surface area contributed by atoms with Crippen LogP contribution in [0.3, 0.4) is 0 Å². The molecular weight excluding hydrogens is 389 g/mol. The number of benzene rings is 2. The Morgan fingerprint density at radius 1 is 1.15 bits per heavy atom. The van der Waals surface area contributed by atoms with Gasteiger partial charge in [-0.3, -0.25) is 0 Å². The summed E-state index contributed by atoms with van der Waals surface area (Å²) < 4.78 is 26.3. The Hall–Kier alpha value is -2.51. The highest BCUT2D eigenvalue weighted by Crippen LogP contribution is 2.35. The van der Waals surface area contributed by atoms with E-state index in [1.807, 2.05) is 24.4 Å². The molecule has 138 valence electrons. The van der Waals surface area contributed by atoms with Crippen LogP contribution >= 0.6 is 23.8 Å². The van der Waals surface area contributed by atoms with Crippen molar-refractivity contribution in [3.8, 4) is 11.5 Å². The molecule has 8 heteroatoms. The first kappa shape index (κ1) is 16.6. The van der Waals surface area contributed by atoms with E-state index in [1.165, 1.54) is 12.1 Å². The number of anilines is 1. The van der Waals surface area contributed by atoms with Crippen LogP contribution in [0, 0.1) is 5.82 Å². The Kier molecular flexibility index (Phi) is 3.87. The average Bonchev–Trinajstić information content (AvgIpc) is 3.18. The fourth-order valence-electron chi connectivity index (χ4n) is 3.46. The van der Waals surface area contributed by atoms with Gasteiger partial charge in [-0.05, 0) is 42.5 Å². The molecule has 1 saturated heterocycles. The van der Waals surface area contributed by atoms with Gasteiger partial charge in [-0.1, -0.05) is 11.6 Å². The molecule has 0 bridgehead atoms. The number of fused-ring (bicyclic) bond motifs is 2. The Morgan fingerprint density at radius 3 is 2.81 bits per heavy atom. The molecule has 3 heterocycles. The summed E-state index contributed by atoms with van der Waals surface area (Å²) in [7, 11) is 0. The predicted molar refractivity (Wildman–Crippen MR) is 106 cm³/mol. The van der Waals surface area contributed by atoms with Crippen molar-refractivity contribution in [2.24, 2.45) is 0 Å². The maximum atomic E-state index is 13.5. The second-order valence-corrected chi connectivity index (χ2v) is 7.40. The number of aromatic nitrogens is 1. The van der Waals surface area contributed by atoms with Crippen LogP contribution < -0.4 is 14.8 Å². The zero-order chi connectivity index (χ0) is 18.5. The Morgan fingerprint density at radius 2 is 1.96 bits per heavy atom. The molecule has 2 aromatic carbocycles. The molecule has 0 spiro atoms. The molecule has 3 aromatic rings. The van der Waals surface area contributed by atoms with Crippen LogP contribution in [0.5, 0.6) is 11.5 Å². The highest BCUT2D eigenvalue weighted by molar-refractivity contribution is 7.80. The van der Waals surface area contributed by atoms with E-state index < -0.39 is 0 Å². The SMILES string of the molecule is Fc1ccc2c(c1)c(Cl)cn2C1CN(C(=S)Nc2ccc3c(c2)OCO3)C1. The Labute approximate surface area is 165 Å². The molecule has 5 rings (SSSR count). The minimum atomic E-state index is -0.286. The quantitative estimate of drug-likeness (QED) is 0.641. The van der Waals surface area contributed by atoms with Crippen molar-refractivity contribution in [3.05, 3.63) is 53.4 Å². The van der Waals surface area contributed by atoms with E-state index in [9.17, 15) is 4.39 Å². The number of rotatable bonds is 2. The van der Waals surface area contributed by atoms with Crippen molar-refractivity contribution in [1.82, 2.24) is 9.47 Å². The summed E-state index contributed by atoms with van der Waals surface area (Å²) in [6, 6.07) is 10.6. The lowest BCUT2D eigenvalue weighted by molar-refractivity contribution is 0.174. The number of nitrogens with zero attached hydrogens (tertiary/aromatic N) is 2. The zero-order valence-electron chi connectivity index (χ0n) is 14.1. The van der Waals surface area contributed by atoms with E-state index in [1.54, 1.807) is 6.07 Å². The van der Waals surface area contributed by atoms with Crippen LogP contribution in [0.2, 0.25) is 5.02 Å². The largest absolute Gasteiger partial charge is 0.454 e. The van der Waals surface area contributed by atoms with Gasteiger partial charge in [0.05, 0.1) is 16.6 Å². The average molecular weight is 404 g/mol. The summed E-state index contributed by atoms with van der Waals surface area (Å²) in [5.74, 6) is 1.17. The predicted octanol–water partition coefficient (Wildman–Crippen LogP) is 4.42.